The SMILES string of the molecule is CC(C)C1CC=C2C[C@@H](c3nnn[nH]3)CC[C@]2(C)C1C(C)C. The van der Waals surface area contributed by atoms with E-state index >= 15 is 0 Å². The Hall–Kier alpha value is -1.19. The zero-order valence-corrected chi connectivity index (χ0v) is 14.6. The Labute approximate surface area is 134 Å². The fourth-order valence-electron chi connectivity index (χ4n) is 5.32. The van der Waals surface area contributed by atoms with Crippen molar-refractivity contribution in [1.82, 2.24) is 20.6 Å². The van der Waals surface area contributed by atoms with Crippen LogP contribution in [-0.4, -0.2) is 20.6 Å². The molecule has 4 atom stereocenters. The number of nitrogens with zero attached hydrogens (tertiary/aromatic N) is 3. The zero-order chi connectivity index (χ0) is 15.9. The highest BCUT2D eigenvalue weighted by Gasteiger charge is 2.48. The number of fused-ring (bicyclic) bond motifs is 1. The molecule has 2 aliphatic carbocycles. The molecule has 3 rings (SSSR count). The molecule has 0 aromatic carbocycles. The lowest BCUT2D eigenvalue weighted by molar-refractivity contribution is 0.0408. The van der Waals surface area contributed by atoms with Crippen molar-refractivity contribution in [1.29, 1.82) is 0 Å². The minimum absolute atomic E-state index is 0.366. The normalized spacial score (nSPS) is 35.6. The molecule has 0 spiro atoms. The second-order valence-electron chi connectivity index (χ2n) is 8.29. The van der Waals surface area contributed by atoms with Crippen LogP contribution in [0.15, 0.2) is 11.6 Å². The summed E-state index contributed by atoms with van der Waals surface area (Å²) in [6.07, 6.45) is 7.38. The second kappa shape index (κ2) is 5.78. The number of allylic oxidation sites excluding steroid dienone is 2. The number of hydrogen-bond donors (Lipinski definition) is 1. The lowest BCUT2D eigenvalue weighted by atomic mass is 9.51. The third kappa shape index (κ3) is 2.50. The maximum absolute atomic E-state index is 4.15. The summed E-state index contributed by atoms with van der Waals surface area (Å²) in [5, 5.41) is 14.6. The summed E-state index contributed by atoms with van der Waals surface area (Å²) >= 11 is 0. The molecule has 4 nitrogen and oxygen atoms in total. The van der Waals surface area contributed by atoms with Crippen molar-refractivity contribution in [2.75, 3.05) is 0 Å². The quantitative estimate of drug-likeness (QED) is 0.845. The molecule has 2 unspecified atom stereocenters. The van der Waals surface area contributed by atoms with E-state index in [4.69, 9.17) is 0 Å². The van der Waals surface area contributed by atoms with Crippen LogP contribution >= 0.6 is 0 Å². The standard InChI is InChI=1S/C18H30N4/c1-11(2)15-7-6-14-10-13(17-19-21-22-20-17)8-9-18(14,5)16(15)12(3)4/h6,11-13,15-16H,7-10H2,1-5H3,(H,19,20,21,22)/t13-,15?,16?,18-/m0/s1. The lowest BCUT2D eigenvalue weighted by Gasteiger charge is -2.53. The summed E-state index contributed by atoms with van der Waals surface area (Å²) in [7, 11) is 0. The molecular weight excluding hydrogens is 272 g/mol. The van der Waals surface area contributed by atoms with Gasteiger partial charge >= 0.3 is 0 Å². The molecule has 4 heteroatoms. The van der Waals surface area contributed by atoms with Crippen molar-refractivity contribution in [3.8, 4) is 0 Å². The van der Waals surface area contributed by atoms with E-state index < -0.39 is 0 Å². The Morgan fingerprint density at radius 1 is 1.23 bits per heavy atom. The van der Waals surface area contributed by atoms with E-state index in [1.165, 1.54) is 19.3 Å². The molecule has 0 radical (unpaired) electrons. The van der Waals surface area contributed by atoms with Crippen LogP contribution in [0.25, 0.3) is 0 Å². The van der Waals surface area contributed by atoms with E-state index in [-0.39, 0.29) is 0 Å². The van der Waals surface area contributed by atoms with E-state index in [0.29, 0.717) is 11.3 Å². The van der Waals surface area contributed by atoms with Crippen molar-refractivity contribution in [3.63, 3.8) is 0 Å². The van der Waals surface area contributed by atoms with Gasteiger partial charge in [0.1, 0.15) is 0 Å². The van der Waals surface area contributed by atoms with E-state index in [9.17, 15) is 0 Å². The summed E-state index contributed by atoms with van der Waals surface area (Å²) < 4.78 is 0. The van der Waals surface area contributed by atoms with Crippen LogP contribution in [0.3, 0.4) is 0 Å². The van der Waals surface area contributed by atoms with Crippen LogP contribution in [0.2, 0.25) is 0 Å². The van der Waals surface area contributed by atoms with Crippen LogP contribution in [0.4, 0.5) is 0 Å². The first kappa shape index (κ1) is 15.7. The van der Waals surface area contributed by atoms with Gasteiger partial charge in [0, 0.05) is 5.92 Å². The van der Waals surface area contributed by atoms with Crippen LogP contribution in [0.1, 0.15) is 72.0 Å². The number of aromatic nitrogens is 4. The highest BCUT2D eigenvalue weighted by molar-refractivity contribution is 5.25. The summed E-state index contributed by atoms with van der Waals surface area (Å²) in [5.41, 5.74) is 2.03. The molecule has 2 aliphatic rings. The van der Waals surface area contributed by atoms with Crippen molar-refractivity contribution < 1.29 is 0 Å². The van der Waals surface area contributed by atoms with E-state index in [0.717, 1.165) is 35.9 Å². The van der Waals surface area contributed by atoms with Crippen LogP contribution in [0, 0.1) is 29.1 Å². The van der Waals surface area contributed by atoms with Crippen LogP contribution in [-0.2, 0) is 0 Å². The van der Waals surface area contributed by atoms with Crippen molar-refractivity contribution in [2.24, 2.45) is 29.1 Å². The van der Waals surface area contributed by atoms with E-state index in [2.05, 4.69) is 61.3 Å². The smallest absolute Gasteiger partial charge is 0.151 e. The van der Waals surface area contributed by atoms with Gasteiger partial charge in [-0.1, -0.05) is 46.3 Å². The monoisotopic (exact) mass is 302 g/mol. The van der Waals surface area contributed by atoms with Gasteiger partial charge in [-0.3, -0.25) is 0 Å². The number of aromatic amines is 1. The Bertz CT molecular complexity index is 531. The highest BCUT2D eigenvalue weighted by atomic mass is 15.5. The van der Waals surface area contributed by atoms with Gasteiger partial charge in [-0.05, 0) is 65.2 Å². The summed E-state index contributed by atoms with van der Waals surface area (Å²) in [4.78, 5) is 0. The van der Waals surface area contributed by atoms with Gasteiger partial charge < -0.3 is 0 Å². The molecule has 1 aromatic rings. The first-order valence-corrected chi connectivity index (χ1v) is 8.86. The topological polar surface area (TPSA) is 54.5 Å². The Kier molecular flexibility index (Phi) is 4.13. The van der Waals surface area contributed by atoms with Gasteiger partial charge in [-0.15, -0.1) is 5.10 Å². The molecular formula is C18H30N4. The molecule has 1 N–H and O–H groups in total. The molecule has 1 heterocycles. The Morgan fingerprint density at radius 3 is 2.59 bits per heavy atom. The molecule has 0 amide bonds. The Balaban J connectivity index is 1.89. The predicted molar refractivity (Wildman–Crippen MR) is 88.2 cm³/mol. The average Bonchev–Trinajstić information content (AvgIpc) is 2.98. The summed E-state index contributed by atoms with van der Waals surface area (Å²) in [6.45, 7) is 12.1. The van der Waals surface area contributed by atoms with Gasteiger partial charge in [0.15, 0.2) is 5.82 Å². The molecule has 0 bridgehead atoms. The largest absolute Gasteiger partial charge is 0.243 e. The number of tetrazole rings is 1. The number of rotatable bonds is 3. The van der Waals surface area contributed by atoms with Gasteiger partial charge in [0.05, 0.1) is 0 Å². The van der Waals surface area contributed by atoms with Gasteiger partial charge in [-0.2, -0.15) is 0 Å². The lowest BCUT2D eigenvalue weighted by Crippen LogP contribution is -2.44. The predicted octanol–water partition coefficient (Wildman–Crippen LogP) is 4.35. The first-order valence-electron chi connectivity index (χ1n) is 8.86. The second-order valence-corrected chi connectivity index (χ2v) is 8.29. The fourth-order valence-corrected chi connectivity index (χ4v) is 5.32. The first-order chi connectivity index (χ1) is 10.4. The third-order valence-corrected chi connectivity index (χ3v) is 6.37. The van der Waals surface area contributed by atoms with Crippen molar-refractivity contribution >= 4 is 0 Å². The molecule has 1 saturated carbocycles. The van der Waals surface area contributed by atoms with Gasteiger partial charge in [0.25, 0.3) is 0 Å². The molecule has 0 aliphatic heterocycles. The molecule has 1 aromatic heterocycles. The highest BCUT2D eigenvalue weighted by Crippen LogP contribution is 2.58. The zero-order valence-electron chi connectivity index (χ0n) is 14.6. The average molecular weight is 302 g/mol. The molecule has 0 saturated heterocycles. The summed E-state index contributed by atoms with van der Waals surface area (Å²) in [5.74, 6) is 4.55. The van der Waals surface area contributed by atoms with Crippen LogP contribution in [0.5, 0.6) is 0 Å². The number of H-pyrrole nitrogens is 1. The van der Waals surface area contributed by atoms with E-state index in [1.54, 1.807) is 5.57 Å². The fraction of sp³-hybridized carbons (Fsp3) is 0.833. The molecule has 122 valence electrons. The van der Waals surface area contributed by atoms with Gasteiger partial charge in [0.2, 0.25) is 0 Å². The number of nitrogens with one attached hydrogen (secondary N) is 1. The third-order valence-electron chi connectivity index (χ3n) is 6.37. The summed E-state index contributed by atoms with van der Waals surface area (Å²) in [6, 6.07) is 0. The number of hydrogen-bond acceptors (Lipinski definition) is 3. The van der Waals surface area contributed by atoms with Crippen molar-refractivity contribution in [2.45, 2.75) is 66.2 Å². The van der Waals surface area contributed by atoms with Gasteiger partial charge in [-0.25, -0.2) is 5.10 Å². The maximum atomic E-state index is 4.15. The minimum Gasteiger partial charge on any atom is -0.243 e. The Morgan fingerprint density at radius 2 is 2.00 bits per heavy atom. The van der Waals surface area contributed by atoms with Crippen LogP contribution < -0.4 is 0 Å². The molecule has 1 fully saturated rings. The van der Waals surface area contributed by atoms with Crippen molar-refractivity contribution in [3.05, 3.63) is 17.5 Å². The molecule has 22 heavy (non-hydrogen) atoms. The van der Waals surface area contributed by atoms with E-state index in [1.807, 2.05) is 0 Å². The minimum atomic E-state index is 0.366. The maximum Gasteiger partial charge on any atom is 0.151 e.